The van der Waals surface area contributed by atoms with E-state index in [0.29, 0.717) is 5.02 Å². The highest BCUT2D eigenvalue weighted by molar-refractivity contribution is 6.33. The van der Waals surface area contributed by atoms with Crippen molar-refractivity contribution < 1.29 is 4.79 Å². The second-order valence-corrected chi connectivity index (χ2v) is 5.65. The molecule has 1 aromatic rings. The first-order valence-corrected chi connectivity index (χ1v) is 7.28. The van der Waals surface area contributed by atoms with Gasteiger partial charge in [0.15, 0.2) is 0 Å². The van der Waals surface area contributed by atoms with Gasteiger partial charge in [0.25, 0.3) is 0 Å². The van der Waals surface area contributed by atoms with Crippen LogP contribution in [0.3, 0.4) is 0 Å². The first-order chi connectivity index (χ1) is 9.06. The molecule has 1 fully saturated rings. The molecule has 0 N–H and O–H groups in total. The molecule has 104 valence electrons. The fourth-order valence-corrected chi connectivity index (χ4v) is 2.85. The predicted molar refractivity (Wildman–Crippen MR) is 79.9 cm³/mol. The zero-order chi connectivity index (χ0) is 14.0. The minimum absolute atomic E-state index is 0.0706. The van der Waals surface area contributed by atoms with E-state index in [9.17, 15) is 4.79 Å². The van der Waals surface area contributed by atoms with Gasteiger partial charge in [0.05, 0.1) is 10.7 Å². The molecular formula is C15H21ClN2O. The predicted octanol–water partition coefficient (Wildman–Crippen LogP) is 4.16. The van der Waals surface area contributed by atoms with Gasteiger partial charge in [-0.15, -0.1) is 0 Å². The number of amides is 2. The molecule has 1 unspecified atom stereocenters. The Labute approximate surface area is 120 Å². The normalized spacial score (nSPS) is 20.3. The maximum atomic E-state index is 12.7. The third kappa shape index (κ3) is 2.71. The summed E-state index contributed by atoms with van der Waals surface area (Å²) in [6, 6.07) is 8.11. The van der Waals surface area contributed by atoms with Gasteiger partial charge in [0.2, 0.25) is 0 Å². The molecule has 1 aromatic carbocycles. The molecule has 1 saturated heterocycles. The van der Waals surface area contributed by atoms with Crippen molar-refractivity contribution in [2.75, 3.05) is 11.4 Å². The maximum Gasteiger partial charge on any atom is 0.325 e. The second kappa shape index (κ2) is 5.83. The highest BCUT2D eigenvalue weighted by Crippen LogP contribution is 2.32. The van der Waals surface area contributed by atoms with Crippen LogP contribution in [0.2, 0.25) is 5.02 Å². The summed E-state index contributed by atoms with van der Waals surface area (Å²) >= 11 is 6.26. The van der Waals surface area contributed by atoms with E-state index in [1.165, 1.54) is 0 Å². The fourth-order valence-electron chi connectivity index (χ4n) is 2.62. The summed E-state index contributed by atoms with van der Waals surface area (Å²) in [5, 5.41) is 0.639. The molecule has 3 nitrogen and oxygen atoms in total. The number of rotatable bonds is 3. The third-order valence-electron chi connectivity index (χ3n) is 3.73. The number of benzene rings is 1. The monoisotopic (exact) mass is 280 g/mol. The van der Waals surface area contributed by atoms with Crippen molar-refractivity contribution in [2.45, 2.75) is 45.7 Å². The summed E-state index contributed by atoms with van der Waals surface area (Å²) in [6.07, 6.45) is 1.94. The molecule has 0 saturated carbocycles. The lowest BCUT2D eigenvalue weighted by molar-refractivity contribution is 0.170. The number of nitrogens with zero attached hydrogens (tertiary/aromatic N) is 2. The zero-order valence-electron chi connectivity index (χ0n) is 11.8. The smallest absolute Gasteiger partial charge is 0.322 e. The molecule has 2 rings (SSSR count). The molecule has 1 heterocycles. The van der Waals surface area contributed by atoms with Gasteiger partial charge in [-0.05, 0) is 38.8 Å². The molecule has 1 aliphatic rings. The van der Waals surface area contributed by atoms with Crippen molar-refractivity contribution in [2.24, 2.45) is 0 Å². The van der Waals surface area contributed by atoms with E-state index in [4.69, 9.17) is 11.6 Å². The van der Waals surface area contributed by atoms with Crippen LogP contribution in [-0.2, 0) is 0 Å². The van der Waals surface area contributed by atoms with Crippen LogP contribution in [0, 0.1) is 0 Å². The van der Waals surface area contributed by atoms with Crippen LogP contribution < -0.4 is 4.90 Å². The Morgan fingerprint density at radius 2 is 2.05 bits per heavy atom. The third-order valence-corrected chi connectivity index (χ3v) is 4.05. The van der Waals surface area contributed by atoms with Crippen LogP contribution in [0.4, 0.5) is 10.5 Å². The SMILES string of the molecule is CCC1CCN(C(C)C)C(=O)N1c1ccccc1Cl. The van der Waals surface area contributed by atoms with E-state index >= 15 is 0 Å². The summed E-state index contributed by atoms with van der Waals surface area (Å²) in [4.78, 5) is 16.5. The van der Waals surface area contributed by atoms with Gasteiger partial charge in [-0.1, -0.05) is 30.7 Å². The molecular weight excluding hydrogens is 260 g/mol. The highest BCUT2D eigenvalue weighted by Gasteiger charge is 2.35. The average Bonchev–Trinajstić information content (AvgIpc) is 2.39. The van der Waals surface area contributed by atoms with Gasteiger partial charge in [-0.25, -0.2) is 4.79 Å². The largest absolute Gasteiger partial charge is 0.325 e. The Kier molecular flexibility index (Phi) is 4.35. The molecule has 0 bridgehead atoms. The maximum absolute atomic E-state index is 12.7. The Hall–Kier alpha value is -1.22. The standard InChI is InChI=1S/C15H21ClN2O/c1-4-12-9-10-17(11(2)3)15(19)18(12)14-8-6-5-7-13(14)16/h5-8,11-12H,4,9-10H2,1-3H3. The topological polar surface area (TPSA) is 23.6 Å². The van der Waals surface area contributed by atoms with Crippen LogP contribution in [-0.4, -0.2) is 29.6 Å². The molecule has 0 aliphatic carbocycles. The summed E-state index contributed by atoms with van der Waals surface area (Å²) < 4.78 is 0. The first kappa shape index (κ1) is 14.2. The summed E-state index contributed by atoms with van der Waals surface area (Å²) in [5.74, 6) is 0. The van der Waals surface area contributed by atoms with Crippen molar-refractivity contribution in [3.63, 3.8) is 0 Å². The number of halogens is 1. The number of hydrogen-bond donors (Lipinski definition) is 0. The van der Waals surface area contributed by atoms with Crippen LogP contribution >= 0.6 is 11.6 Å². The van der Waals surface area contributed by atoms with Gasteiger partial charge >= 0.3 is 6.03 Å². The number of urea groups is 1. The molecule has 1 aliphatic heterocycles. The average molecular weight is 281 g/mol. The van der Waals surface area contributed by atoms with E-state index in [1.807, 2.05) is 34.1 Å². The molecule has 2 amide bonds. The van der Waals surface area contributed by atoms with Gasteiger partial charge < -0.3 is 4.90 Å². The van der Waals surface area contributed by atoms with E-state index in [1.54, 1.807) is 0 Å². The van der Waals surface area contributed by atoms with Crippen molar-refractivity contribution in [3.05, 3.63) is 29.3 Å². The zero-order valence-corrected chi connectivity index (χ0v) is 12.5. The van der Waals surface area contributed by atoms with Crippen molar-refractivity contribution in [1.82, 2.24) is 4.90 Å². The molecule has 1 atom stereocenters. The second-order valence-electron chi connectivity index (χ2n) is 5.24. The van der Waals surface area contributed by atoms with Crippen LogP contribution in [0.5, 0.6) is 0 Å². The number of anilines is 1. The van der Waals surface area contributed by atoms with Crippen LogP contribution in [0.25, 0.3) is 0 Å². The van der Waals surface area contributed by atoms with Crippen molar-refractivity contribution in [3.8, 4) is 0 Å². The van der Waals surface area contributed by atoms with Crippen LogP contribution in [0.15, 0.2) is 24.3 Å². The number of carbonyl (C=O) groups is 1. The Morgan fingerprint density at radius 3 is 2.63 bits per heavy atom. The summed E-state index contributed by atoms with van der Waals surface area (Å²) in [5.41, 5.74) is 0.825. The summed E-state index contributed by atoms with van der Waals surface area (Å²) in [7, 11) is 0. The molecule has 0 radical (unpaired) electrons. The van der Waals surface area contributed by atoms with Crippen molar-refractivity contribution >= 4 is 23.3 Å². The number of para-hydroxylation sites is 1. The van der Waals surface area contributed by atoms with Gasteiger partial charge in [-0.2, -0.15) is 0 Å². The highest BCUT2D eigenvalue weighted by atomic mass is 35.5. The fraction of sp³-hybridized carbons (Fsp3) is 0.533. The summed E-state index contributed by atoms with van der Waals surface area (Å²) in [6.45, 7) is 7.05. The Morgan fingerprint density at radius 1 is 1.37 bits per heavy atom. The Balaban J connectivity index is 2.38. The number of carbonyl (C=O) groups excluding carboxylic acids is 1. The molecule has 0 spiro atoms. The quantitative estimate of drug-likeness (QED) is 0.815. The van der Waals surface area contributed by atoms with Gasteiger partial charge in [-0.3, -0.25) is 4.90 Å². The molecule has 4 heteroatoms. The molecule has 0 aromatic heterocycles. The van der Waals surface area contributed by atoms with E-state index in [-0.39, 0.29) is 18.1 Å². The van der Waals surface area contributed by atoms with Gasteiger partial charge in [0.1, 0.15) is 0 Å². The first-order valence-electron chi connectivity index (χ1n) is 6.90. The lowest BCUT2D eigenvalue weighted by Crippen LogP contribution is -2.56. The van der Waals surface area contributed by atoms with E-state index in [2.05, 4.69) is 20.8 Å². The lowest BCUT2D eigenvalue weighted by atomic mass is 10.0. The molecule has 19 heavy (non-hydrogen) atoms. The van der Waals surface area contributed by atoms with Gasteiger partial charge in [0, 0.05) is 18.6 Å². The van der Waals surface area contributed by atoms with Crippen molar-refractivity contribution in [1.29, 1.82) is 0 Å². The van der Waals surface area contributed by atoms with Crippen LogP contribution in [0.1, 0.15) is 33.6 Å². The Bertz CT molecular complexity index is 461. The minimum atomic E-state index is 0.0706. The van der Waals surface area contributed by atoms with E-state index in [0.717, 1.165) is 25.1 Å². The lowest BCUT2D eigenvalue weighted by Gasteiger charge is -2.43. The number of hydrogen-bond acceptors (Lipinski definition) is 1. The van der Waals surface area contributed by atoms with E-state index < -0.39 is 0 Å². The minimum Gasteiger partial charge on any atom is -0.322 e.